The lowest BCUT2D eigenvalue weighted by Gasteiger charge is -2.33. The molecule has 0 aliphatic rings. The van der Waals surface area contributed by atoms with Gasteiger partial charge in [0.15, 0.2) is 5.37 Å². The summed E-state index contributed by atoms with van der Waals surface area (Å²) in [6.45, 7) is 3.68. The van der Waals surface area contributed by atoms with Gasteiger partial charge in [0, 0.05) is 12.2 Å². The van der Waals surface area contributed by atoms with E-state index in [4.69, 9.17) is 0 Å². The molecule has 0 saturated heterocycles. The highest BCUT2D eigenvalue weighted by atomic mass is 32.2. The summed E-state index contributed by atoms with van der Waals surface area (Å²) in [5.74, 6) is 0. The molecule has 0 amide bonds. The Kier molecular flexibility index (Phi) is 6.81. The normalized spacial score (nSPS) is 13.4. The first-order chi connectivity index (χ1) is 12.2. The first-order valence-corrected chi connectivity index (χ1v) is 10.4. The van der Waals surface area contributed by atoms with Crippen LogP contribution in [0.3, 0.4) is 0 Å². The van der Waals surface area contributed by atoms with Gasteiger partial charge in [-0.3, -0.25) is 0 Å². The largest absolute Gasteiger partial charge is 0.350 e. The summed E-state index contributed by atoms with van der Waals surface area (Å²) in [6.07, 6.45) is 0. The number of rotatable bonds is 9. The fourth-order valence-electron chi connectivity index (χ4n) is 2.85. The van der Waals surface area contributed by atoms with Crippen LogP contribution in [0.1, 0.15) is 17.9 Å². The van der Waals surface area contributed by atoms with Crippen molar-refractivity contribution >= 4 is 15.7 Å². The molecule has 26 heavy (non-hydrogen) atoms. The van der Waals surface area contributed by atoms with Crippen molar-refractivity contribution in [2.24, 2.45) is 0 Å². The molecule has 0 aromatic heterocycles. The van der Waals surface area contributed by atoms with Crippen LogP contribution in [-0.4, -0.2) is 53.7 Å². The summed E-state index contributed by atoms with van der Waals surface area (Å²) in [7, 11) is 2.55. The van der Waals surface area contributed by atoms with Crippen LogP contribution < -0.4 is 9.62 Å². The van der Waals surface area contributed by atoms with Gasteiger partial charge in [0.2, 0.25) is 10.0 Å². The van der Waals surface area contributed by atoms with E-state index in [1.807, 2.05) is 93.6 Å². The molecule has 0 spiro atoms. The molecular formula is C20H30N3O2S+. The van der Waals surface area contributed by atoms with Crippen molar-refractivity contribution in [3.05, 3.63) is 66.2 Å². The molecule has 1 atom stereocenters. The molecule has 0 heterocycles. The maximum atomic E-state index is 13.2. The second-order valence-corrected chi connectivity index (χ2v) is 9.16. The molecule has 0 radical (unpaired) electrons. The first kappa shape index (κ1) is 20.4. The van der Waals surface area contributed by atoms with Gasteiger partial charge in [-0.1, -0.05) is 48.5 Å². The molecule has 142 valence electrons. The third-order valence-corrected chi connectivity index (χ3v) is 5.90. The van der Waals surface area contributed by atoms with Crippen LogP contribution in [0.5, 0.6) is 0 Å². The number of hydrogen-bond donors (Lipinski definition) is 1. The average molecular weight is 377 g/mol. The topological polar surface area (TPSA) is 49.4 Å². The standard InChI is InChI=1S/C20H30N3O2S/c1-5-22(19-14-10-7-11-15-19)20(18-12-8-6-9-13-18)26(24,25)21-16-17-23(2,3)4/h6-15,20-21H,5,16-17H2,1-4H3/q+1. The average Bonchev–Trinajstić information content (AvgIpc) is 2.59. The number of likely N-dealkylation sites (N-methyl/N-ethyl adjacent to an activating group) is 1. The number of para-hydroxylation sites is 1. The van der Waals surface area contributed by atoms with Crippen LogP contribution in [0.4, 0.5) is 5.69 Å². The van der Waals surface area contributed by atoms with Crippen LogP contribution in [0.25, 0.3) is 0 Å². The third kappa shape index (κ3) is 5.56. The van der Waals surface area contributed by atoms with Crippen LogP contribution in [0, 0.1) is 0 Å². The SMILES string of the molecule is CCN(c1ccccc1)C(c1ccccc1)S(=O)(=O)NCC[N+](C)(C)C. The minimum Gasteiger partial charge on any atom is -0.350 e. The van der Waals surface area contributed by atoms with E-state index in [-0.39, 0.29) is 0 Å². The van der Waals surface area contributed by atoms with E-state index < -0.39 is 15.4 Å². The van der Waals surface area contributed by atoms with Crippen molar-refractivity contribution in [2.45, 2.75) is 12.3 Å². The van der Waals surface area contributed by atoms with Crippen molar-refractivity contribution in [2.75, 3.05) is 45.7 Å². The minimum atomic E-state index is -3.59. The Balaban J connectivity index is 2.38. The van der Waals surface area contributed by atoms with Gasteiger partial charge in [-0.25, -0.2) is 13.1 Å². The van der Waals surface area contributed by atoms with E-state index in [2.05, 4.69) is 4.72 Å². The smallest absolute Gasteiger partial charge is 0.237 e. The third-order valence-electron chi connectivity index (χ3n) is 4.18. The van der Waals surface area contributed by atoms with E-state index in [1.165, 1.54) is 0 Å². The van der Waals surface area contributed by atoms with E-state index in [0.717, 1.165) is 17.8 Å². The van der Waals surface area contributed by atoms with Gasteiger partial charge in [-0.15, -0.1) is 0 Å². The molecule has 0 saturated carbocycles. The first-order valence-electron chi connectivity index (χ1n) is 8.90. The van der Waals surface area contributed by atoms with Crippen molar-refractivity contribution in [1.29, 1.82) is 0 Å². The molecule has 0 bridgehead atoms. The van der Waals surface area contributed by atoms with Gasteiger partial charge in [0.25, 0.3) is 0 Å². The zero-order valence-corrected chi connectivity index (χ0v) is 16.9. The highest BCUT2D eigenvalue weighted by molar-refractivity contribution is 7.89. The Morgan fingerprint density at radius 3 is 2.00 bits per heavy atom. The maximum absolute atomic E-state index is 13.2. The Bertz CT molecular complexity index is 772. The van der Waals surface area contributed by atoms with Gasteiger partial charge in [0.1, 0.15) is 0 Å². The van der Waals surface area contributed by atoms with Crippen LogP contribution in [0.15, 0.2) is 60.7 Å². The van der Waals surface area contributed by atoms with Crippen LogP contribution in [-0.2, 0) is 10.0 Å². The van der Waals surface area contributed by atoms with Gasteiger partial charge in [0.05, 0.1) is 34.2 Å². The molecule has 0 aliphatic carbocycles. The lowest BCUT2D eigenvalue weighted by molar-refractivity contribution is -0.869. The molecule has 2 aromatic carbocycles. The number of anilines is 1. The molecule has 6 heteroatoms. The van der Waals surface area contributed by atoms with Crippen molar-refractivity contribution in [3.63, 3.8) is 0 Å². The Morgan fingerprint density at radius 2 is 1.50 bits per heavy atom. The summed E-state index contributed by atoms with van der Waals surface area (Å²) in [5.41, 5.74) is 1.65. The Hall–Kier alpha value is -1.89. The van der Waals surface area contributed by atoms with E-state index in [9.17, 15) is 8.42 Å². The number of hydrogen-bond acceptors (Lipinski definition) is 3. The second-order valence-electron chi connectivity index (χ2n) is 7.34. The van der Waals surface area contributed by atoms with Crippen LogP contribution >= 0.6 is 0 Å². The van der Waals surface area contributed by atoms with E-state index in [1.54, 1.807) is 0 Å². The van der Waals surface area contributed by atoms with Crippen LogP contribution in [0.2, 0.25) is 0 Å². The van der Waals surface area contributed by atoms with Crippen molar-refractivity contribution < 1.29 is 12.9 Å². The maximum Gasteiger partial charge on any atom is 0.237 e. The quantitative estimate of drug-likeness (QED) is 0.685. The zero-order chi connectivity index (χ0) is 19.2. The monoisotopic (exact) mass is 376 g/mol. The van der Waals surface area contributed by atoms with E-state index >= 15 is 0 Å². The highest BCUT2D eigenvalue weighted by Gasteiger charge is 2.32. The van der Waals surface area contributed by atoms with Crippen molar-refractivity contribution in [1.82, 2.24) is 4.72 Å². The molecular weight excluding hydrogens is 346 g/mol. The summed E-state index contributed by atoms with van der Waals surface area (Å²) < 4.78 is 30.0. The molecule has 0 aliphatic heterocycles. The number of benzene rings is 2. The summed E-state index contributed by atoms with van der Waals surface area (Å²) >= 11 is 0. The predicted molar refractivity (Wildman–Crippen MR) is 108 cm³/mol. The molecule has 0 fully saturated rings. The van der Waals surface area contributed by atoms with E-state index in [0.29, 0.717) is 17.6 Å². The second kappa shape index (κ2) is 8.66. The molecule has 5 nitrogen and oxygen atoms in total. The highest BCUT2D eigenvalue weighted by Crippen LogP contribution is 2.30. The minimum absolute atomic E-state index is 0.404. The van der Waals surface area contributed by atoms with Gasteiger partial charge in [-0.05, 0) is 24.6 Å². The van der Waals surface area contributed by atoms with Crippen molar-refractivity contribution in [3.8, 4) is 0 Å². The fourth-order valence-corrected chi connectivity index (χ4v) is 4.50. The lowest BCUT2D eigenvalue weighted by Crippen LogP contribution is -2.45. The fraction of sp³-hybridized carbons (Fsp3) is 0.400. The summed E-state index contributed by atoms with van der Waals surface area (Å²) in [4.78, 5) is 1.92. The number of nitrogens with zero attached hydrogens (tertiary/aromatic N) is 2. The molecule has 2 rings (SSSR count). The predicted octanol–water partition coefficient (Wildman–Crippen LogP) is 2.84. The Morgan fingerprint density at radius 1 is 0.962 bits per heavy atom. The summed E-state index contributed by atoms with van der Waals surface area (Å²) in [6, 6.07) is 19.1. The molecule has 2 aromatic rings. The number of quaternary nitrogens is 1. The lowest BCUT2D eigenvalue weighted by atomic mass is 10.2. The van der Waals surface area contributed by atoms with Gasteiger partial charge < -0.3 is 9.38 Å². The summed E-state index contributed by atoms with van der Waals surface area (Å²) in [5, 5.41) is -0.774. The van der Waals surface area contributed by atoms with Gasteiger partial charge >= 0.3 is 0 Å². The zero-order valence-electron chi connectivity index (χ0n) is 16.1. The molecule has 1 N–H and O–H groups in total. The Labute approximate surface area is 157 Å². The van der Waals surface area contributed by atoms with Gasteiger partial charge in [-0.2, -0.15) is 0 Å². The number of sulfonamides is 1. The number of nitrogens with one attached hydrogen (secondary N) is 1. The molecule has 1 unspecified atom stereocenters.